The molecule has 0 spiro atoms. The second-order valence-corrected chi connectivity index (χ2v) is 5.67. The number of halogens is 1. The standard InChI is InChI=1S/C18H16ClNO3/c1-21-16-4-2-12(9-15(16)19)8-14(11-20)13-3-5-17-18(10-13)23-7-6-22-17/h2-5,9-10,14H,6-8H2,1H3. The average Bonchev–Trinajstić information content (AvgIpc) is 2.59. The fourth-order valence-electron chi connectivity index (χ4n) is 2.59. The molecule has 0 radical (unpaired) electrons. The molecule has 0 amide bonds. The highest BCUT2D eigenvalue weighted by Crippen LogP contribution is 2.34. The molecule has 0 bridgehead atoms. The molecule has 0 aliphatic carbocycles. The van der Waals surface area contributed by atoms with Crippen molar-refractivity contribution >= 4 is 11.6 Å². The number of benzene rings is 2. The highest BCUT2D eigenvalue weighted by molar-refractivity contribution is 6.32. The van der Waals surface area contributed by atoms with Crippen molar-refractivity contribution in [2.45, 2.75) is 12.3 Å². The van der Waals surface area contributed by atoms with Crippen molar-refractivity contribution in [3.63, 3.8) is 0 Å². The van der Waals surface area contributed by atoms with Gasteiger partial charge in [0.25, 0.3) is 0 Å². The maximum absolute atomic E-state index is 9.54. The van der Waals surface area contributed by atoms with Crippen LogP contribution in [0, 0.1) is 11.3 Å². The van der Waals surface area contributed by atoms with E-state index in [1.165, 1.54) is 0 Å². The van der Waals surface area contributed by atoms with E-state index in [2.05, 4.69) is 6.07 Å². The summed E-state index contributed by atoms with van der Waals surface area (Å²) in [4.78, 5) is 0. The van der Waals surface area contributed by atoms with Gasteiger partial charge in [0.1, 0.15) is 19.0 Å². The van der Waals surface area contributed by atoms with Crippen molar-refractivity contribution in [3.05, 3.63) is 52.5 Å². The van der Waals surface area contributed by atoms with E-state index >= 15 is 0 Å². The Labute approximate surface area is 140 Å². The number of hydrogen-bond donors (Lipinski definition) is 0. The molecule has 118 valence electrons. The van der Waals surface area contributed by atoms with Gasteiger partial charge in [0.15, 0.2) is 11.5 Å². The Morgan fingerprint density at radius 2 is 1.96 bits per heavy atom. The topological polar surface area (TPSA) is 51.5 Å². The fourth-order valence-corrected chi connectivity index (χ4v) is 2.87. The summed E-state index contributed by atoms with van der Waals surface area (Å²) in [6, 6.07) is 13.6. The first-order chi connectivity index (χ1) is 11.2. The number of methoxy groups -OCH3 is 1. The number of hydrogen-bond acceptors (Lipinski definition) is 4. The molecule has 1 heterocycles. The second kappa shape index (κ2) is 6.80. The lowest BCUT2D eigenvalue weighted by Crippen LogP contribution is -2.15. The number of nitrogens with zero attached hydrogens (tertiary/aromatic N) is 1. The summed E-state index contributed by atoms with van der Waals surface area (Å²) in [5.41, 5.74) is 1.89. The Kier molecular flexibility index (Phi) is 4.59. The number of rotatable bonds is 4. The van der Waals surface area contributed by atoms with Gasteiger partial charge in [0, 0.05) is 0 Å². The van der Waals surface area contributed by atoms with E-state index in [0.717, 1.165) is 16.9 Å². The van der Waals surface area contributed by atoms with Crippen LogP contribution in [0.3, 0.4) is 0 Å². The minimum absolute atomic E-state index is 0.282. The van der Waals surface area contributed by atoms with Crippen LogP contribution in [0.4, 0.5) is 0 Å². The quantitative estimate of drug-likeness (QED) is 0.851. The third-order valence-corrected chi connectivity index (χ3v) is 4.08. The van der Waals surface area contributed by atoms with E-state index in [1.54, 1.807) is 7.11 Å². The molecule has 3 rings (SSSR count). The fraction of sp³-hybridized carbons (Fsp3) is 0.278. The lowest BCUT2D eigenvalue weighted by molar-refractivity contribution is 0.171. The molecule has 0 saturated heterocycles. The highest BCUT2D eigenvalue weighted by Gasteiger charge is 2.17. The van der Waals surface area contributed by atoms with Crippen LogP contribution in [-0.2, 0) is 6.42 Å². The van der Waals surface area contributed by atoms with Crippen molar-refractivity contribution in [2.24, 2.45) is 0 Å². The van der Waals surface area contributed by atoms with Crippen molar-refractivity contribution in [2.75, 3.05) is 20.3 Å². The first kappa shape index (κ1) is 15.5. The maximum atomic E-state index is 9.54. The van der Waals surface area contributed by atoms with Crippen LogP contribution < -0.4 is 14.2 Å². The van der Waals surface area contributed by atoms with Gasteiger partial charge in [0.05, 0.1) is 24.1 Å². The molecule has 0 N–H and O–H groups in total. The first-order valence-electron chi connectivity index (χ1n) is 7.33. The summed E-state index contributed by atoms with van der Waals surface area (Å²) in [5, 5.41) is 10.1. The van der Waals surface area contributed by atoms with E-state index in [4.69, 9.17) is 25.8 Å². The molecule has 1 aliphatic rings. The van der Waals surface area contributed by atoms with E-state index in [1.807, 2.05) is 36.4 Å². The predicted octanol–water partition coefficient (Wildman–Crippen LogP) is 3.97. The summed E-state index contributed by atoms with van der Waals surface area (Å²) >= 11 is 6.15. The van der Waals surface area contributed by atoms with E-state index in [9.17, 15) is 5.26 Å². The number of fused-ring (bicyclic) bond motifs is 1. The van der Waals surface area contributed by atoms with Gasteiger partial charge in [0.2, 0.25) is 0 Å². The van der Waals surface area contributed by atoms with Crippen molar-refractivity contribution in [3.8, 4) is 23.3 Å². The van der Waals surface area contributed by atoms with Crippen LogP contribution >= 0.6 is 11.6 Å². The van der Waals surface area contributed by atoms with E-state index in [0.29, 0.717) is 36.2 Å². The van der Waals surface area contributed by atoms with Gasteiger partial charge in [-0.15, -0.1) is 0 Å². The summed E-state index contributed by atoms with van der Waals surface area (Å²) in [6.07, 6.45) is 0.569. The minimum atomic E-state index is -0.282. The molecule has 2 aromatic rings. The molecule has 0 aromatic heterocycles. The third kappa shape index (κ3) is 3.35. The second-order valence-electron chi connectivity index (χ2n) is 5.26. The van der Waals surface area contributed by atoms with E-state index < -0.39 is 0 Å². The summed E-state index contributed by atoms with van der Waals surface area (Å²) in [7, 11) is 1.58. The van der Waals surface area contributed by atoms with Crippen LogP contribution in [0.15, 0.2) is 36.4 Å². The average molecular weight is 330 g/mol. The Hall–Kier alpha value is -2.38. The van der Waals surface area contributed by atoms with Gasteiger partial charge in [-0.3, -0.25) is 0 Å². The van der Waals surface area contributed by atoms with Crippen LogP contribution in [-0.4, -0.2) is 20.3 Å². The lowest BCUT2D eigenvalue weighted by Gasteiger charge is -2.20. The monoisotopic (exact) mass is 329 g/mol. The molecule has 1 atom stereocenters. The first-order valence-corrected chi connectivity index (χ1v) is 7.70. The zero-order chi connectivity index (χ0) is 16.2. The Balaban J connectivity index is 1.83. The van der Waals surface area contributed by atoms with Crippen molar-refractivity contribution in [1.82, 2.24) is 0 Å². The molecular weight excluding hydrogens is 314 g/mol. The van der Waals surface area contributed by atoms with Gasteiger partial charge in [-0.2, -0.15) is 5.26 Å². The van der Waals surface area contributed by atoms with Gasteiger partial charge in [-0.1, -0.05) is 23.7 Å². The highest BCUT2D eigenvalue weighted by atomic mass is 35.5. The van der Waals surface area contributed by atoms with E-state index in [-0.39, 0.29) is 5.92 Å². The largest absolute Gasteiger partial charge is 0.495 e. The maximum Gasteiger partial charge on any atom is 0.161 e. The Bertz CT molecular complexity index is 754. The van der Waals surface area contributed by atoms with Gasteiger partial charge in [-0.05, 0) is 41.8 Å². The zero-order valence-electron chi connectivity index (χ0n) is 12.7. The Morgan fingerprint density at radius 1 is 1.17 bits per heavy atom. The van der Waals surface area contributed by atoms with Gasteiger partial charge >= 0.3 is 0 Å². The normalized spacial score (nSPS) is 14.0. The summed E-state index contributed by atoms with van der Waals surface area (Å²) in [5.74, 6) is 1.77. The van der Waals surface area contributed by atoms with Crippen LogP contribution in [0.2, 0.25) is 5.02 Å². The molecule has 1 unspecified atom stereocenters. The Morgan fingerprint density at radius 3 is 2.65 bits per heavy atom. The predicted molar refractivity (Wildman–Crippen MR) is 87.5 cm³/mol. The molecular formula is C18H16ClNO3. The molecule has 23 heavy (non-hydrogen) atoms. The van der Waals surface area contributed by atoms with Crippen LogP contribution in [0.5, 0.6) is 17.2 Å². The zero-order valence-corrected chi connectivity index (χ0v) is 13.5. The van der Waals surface area contributed by atoms with Gasteiger partial charge < -0.3 is 14.2 Å². The molecule has 0 saturated carbocycles. The molecule has 0 fully saturated rings. The number of ether oxygens (including phenoxy) is 3. The molecule has 4 nitrogen and oxygen atoms in total. The molecule has 1 aliphatic heterocycles. The van der Waals surface area contributed by atoms with Crippen LogP contribution in [0.1, 0.15) is 17.0 Å². The summed E-state index contributed by atoms with van der Waals surface area (Å²) < 4.78 is 16.2. The third-order valence-electron chi connectivity index (χ3n) is 3.78. The van der Waals surface area contributed by atoms with Crippen LogP contribution in [0.25, 0.3) is 0 Å². The lowest BCUT2D eigenvalue weighted by atomic mass is 9.93. The van der Waals surface area contributed by atoms with Gasteiger partial charge in [-0.25, -0.2) is 0 Å². The molecule has 2 aromatic carbocycles. The van der Waals surface area contributed by atoms with Crippen molar-refractivity contribution in [1.29, 1.82) is 5.26 Å². The SMILES string of the molecule is COc1ccc(CC(C#N)c2ccc3c(c2)OCCO3)cc1Cl. The summed E-state index contributed by atoms with van der Waals surface area (Å²) in [6.45, 7) is 1.08. The minimum Gasteiger partial charge on any atom is -0.495 e. The van der Waals surface area contributed by atoms with Crippen molar-refractivity contribution < 1.29 is 14.2 Å². The smallest absolute Gasteiger partial charge is 0.161 e. The molecule has 5 heteroatoms. The number of nitriles is 1.